The molecule has 17 heavy (non-hydrogen) atoms. The maximum Gasteiger partial charge on any atom is 0.269 e. The Morgan fingerprint density at radius 2 is 2.00 bits per heavy atom. The molecule has 0 saturated carbocycles. The van der Waals surface area contributed by atoms with Gasteiger partial charge in [-0.25, -0.2) is 4.98 Å². The number of hydrogen-bond acceptors (Lipinski definition) is 2. The van der Waals surface area contributed by atoms with Gasteiger partial charge in [0, 0.05) is 6.54 Å². The summed E-state index contributed by atoms with van der Waals surface area (Å²) in [5.74, 6) is 0.608. The van der Waals surface area contributed by atoms with Gasteiger partial charge in [0.15, 0.2) is 0 Å². The summed E-state index contributed by atoms with van der Waals surface area (Å²) in [4.78, 5) is 18.6. The van der Waals surface area contributed by atoms with Crippen LogP contribution in [0.4, 0.5) is 0 Å². The molecular weight excluding hydrogens is 214 g/mol. The van der Waals surface area contributed by atoms with Crippen LogP contribution in [0.3, 0.4) is 0 Å². The van der Waals surface area contributed by atoms with Gasteiger partial charge in [-0.15, -0.1) is 0 Å². The van der Waals surface area contributed by atoms with E-state index in [-0.39, 0.29) is 5.91 Å². The van der Waals surface area contributed by atoms with Crippen molar-refractivity contribution in [2.45, 2.75) is 20.4 Å². The summed E-state index contributed by atoms with van der Waals surface area (Å²) in [5, 5.41) is 2.84. The van der Waals surface area contributed by atoms with Gasteiger partial charge in [0.1, 0.15) is 11.5 Å². The zero-order chi connectivity index (χ0) is 12.3. The molecule has 1 aromatic heterocycles. The molecule has 0 aliphatic carbocycles. The van der Waals surface area contributed by atoms with Crippen molar-refractivity contribution in [3.05, 3.63) is 53.1 Å². The number of nitrogens with zero attached hydrogens (tertiary/aromatic N) is 1. The molecule has 2 aromatic rings. The molecule has 4 nitrogen and oxygen atoms in total. The number of aromatic nitrogens is 2. The lowest BCUT2D eigenvalue weighted by atomic mass is 10.1. The zero-order valence-corrected chi connectivity index (χ0v) is 9.95. The first-order valence-electron chi connectivity index (χ1n) is 5.50. The quantitative estimate of drug-likeness (QED) is 0.845. The molecule has 0 saturated heterocycles. The number of imidazole rings is 1. The van der Waals surface area contributed by atoms with E-state index in [4.69, 9.17) is 0 Å². The predicted molar refractivity (Wildman–Crippen MR) is 65.7 cm³/mol. The van der Waals surface area contributed by atoms with E-state index in [1.807, 2.05) is 38.1 Å². The molecule has 4 heteroatoms. The fourth-order valence-corrected chi connectivity index (χ4v) is 1.52. The van der Waals surface area contributed by atoms with Crippen LogP contribution in [-0.2, 0) is 6.54 Å². The fraction of sp³-hybridized carbons (Fsp3) is 0.231. The van der Waals surface area contributed by atoms with Crippen LogP contribution in [0, 0.1) is 13.8 Å². The van der Waals surface area contributed by atoms with Gasteiger partial charge >= 0.3 is 0 Å². The van der Waals surface area contributed by atoms with Gasteiger partial charge in [-0.3, -0.25) is 4.79 Å². The number of aromatic amines is 1. The third-order valence-corrected chi connectivity index (χ3v) is 2.52. The zero-order valence-electron chi connectivity index (χ0n) is 9.95. The van der Waals surface area contributed by atoms with Gasteiger partial charge < -0.3 is 10.3 Å². The van der Waals surface area contributed by atoms with E-state index >= 15 is 0 Å². The molecule has 2 rings (SSSR count). The highest BCUT2D eigenvalue weighted by Gasteiger charge is 2.07. The Hall–Kier alpha value is -2.10. The fourth-order valence-electron chi connectivity index (χ4n) is 1.52. The molecule has 1 aromatic carbocycles. The minimum absolute atomic E-state index is 0.133. The number of nitrogens with one attached hydrogen (secondary N) is 2. The van der Waals surface area contributed by atoms with Crippen LogP contribution in [0.25, 0.3) is 0 Å². The van der Waals surface area contributed by atoms with E-state index in [0.29, 0.717) is 12.2 Å². The lowest BCUT2D eigenvalue weighted by Crippen LogP contribution is -2.23. The molecule has 1 amide bonds. The minimum Gasteiger partial charge on any atom is -0.347 e. The number of carbonyl (C=O) groups is 1. The molecule has 2 N–H and O–H groups in total. The lowest BCUT2D eigenvalue weighted by molar-refractivity contribution is 0.0946. The summed E-state index contributed by atoms with van der Waals surface area (Å²) < 4.78 is 0. The highest BCUT2D eigenvalue weighted by atomic mass is 16.1. The van der Waals surface area contributed by atoms with Crippen LogP contribution in [0.15, 0.2) is 30.5 Å². The molecule has 0 radical (unpaired) electrons. The molecule has 0 aliphatic heterocycles. The second-order valence-corrected chi connectivity index (χ2v) is 4.05. The molecular formula is C13H15N3O. The monoisotopic (exact) mass is 229 g/mol. The van der Waals surface area contributed by atoms with Crippen molar-refractivity contribution < 1.29 is 4.79 Å². The van der Waals surface area contributed by atoms with Gasteiger partial charge in [-0.1, -0.05) is 29.8 Å². The molecule has 1 heterocycles. The van der Waals surface area contributed by atoms with Gasteiger partial charge in [0.2, 0.25) is 0 Å². The number of carbonyl (C=O) groups excluding carboxylic acids is 1. The third-order valence-electron chi connectivity index (χ3n) is 2.52. The molecule has 0 bridgehead atoms. The van der Waals surface area contributed by atoms with E-state index in [9.17, 15) is 4.79 Å². The second-order valence-electron chi connectivity index (χ2n) is 4.05. The van der Waals surface area contributed by atoms with Crippen molar-refractivity contribution in [2.24, 2.45) is 0 Å². The van der Waals surface area contributed by atoms with E-state index in [1.54, 1.807) is 6.20 Å². The summed E-state index contributed by atoms with van der Waals surface area (Å²) in [5.41, 5.74) is 2.79. The Labute approximate surface area is 100 Å². The first-order valence-corrected chi connectivity index (χ1v) is 5.50. The van der Waals surface area contributed by atoms with Crippen molar-refractivity contribution in [1.82, 2.24) is 15.3 Å². The number of rotatable bonds is 3. The van der Waals surface area contributed by atoms with Crippen LogP contribution < -0.4 is 5.32 Å². The predicted octanol–water partition coefficient (Wildman–Crippen LogP) is 1.96. The number of benzene rings is 1. The van der Waals surface area contributed by atoms with Crippen molar-refractivity contribution in [2.75, 3.05) is 0 Å². The van der Waals surface area contributed by atoms with E-state index < -0.39 is 0 Å². The SMILES string of the molecule is Cc1ccc(CNC(=O)c2cnc(C)[nH]2)cc1. The van der Waals surface area contributed by atoms with Crippen LogP contribution in [-0.4, -0.2) is 15.9 Å². The molecule has 88 valence electrons. The first-order chi connectivity index (χ1) is 8.15. The standard InChI is InChI=1S/C13H15N3O/c1-9-3-5-11(6-4-9)7-15-13(17)12-8-14-10(2)16-12/h3-6,8H,7H2,1-2H3,(H,14,16)(H,15,17). The summed E-state index contributed by atoms with van der Waals surface area (Å²) in [6.45, 7) is 4.38. The Kier molecular flexibility index (Phi) is 3.23. The Bertz CT molecular complexity index is 514. The normalized spacial score (nSPS) is 10.2. The molecule has 0 atom stereocenters. The third kappa shape index (κ3) is 2.93. The van der Waals surface area contributed by atoms with Gasteiger partial charge in [-0.2, -0.15) is 0 Å². The molecule has 0 spiro atoms. The lowest BCUT2D eigenvalue weighted by Gasteiger charge is -2.04. The summed E-state index contributed by atoms with van der Waals surface area (Å²) in [7, 11) is 0. The van der Waals surface area contributed by atoms with Crippen LogP contribution in [0.2, 0.25) is 0 Å². The Morgan fingerprint density at radius 1 is 1.29 bits per heavy atom. The summed E-state index contributed by atoms with van der Waals surface area (Å²) in [6, 6.07) is 8.07. The van der Waals surface area contributed by atoms with Crippen molar-refractivity contribution >= 4 is 5.91 Å². The van der Waals surface area contributed by atoms with E-state index in [2.05, 4.69) is 15.3 Å². The number of H-pyrrole nitrogens is 1. The summed E-state index contributed by atoms with van der Waals surface area (Å²) >= 11 is 0. The van der Waals surface area contributed by atoms with Gasteiger partial charge in [0.05, 0.1) is 6.20 Å². The first kappa shape index (κ1) is 11.4. The van der Waals surface area contributed by atoms with E-state index in [0.717, 1.165) is 11.4 Å². The maximum atomic E-state index is 11.7. The average Bonchev–Trinajstić information content (AvgIpc) is 2.75. The largest absolute Gasteiger partial charge is 0.347 e. The second kappa shape index (κ2) is 4.82. The number of hydrogen-bond donors (Lipinski definition) is 2. The Balaban J connectivity index is 1.94. The number of aryl methyl sites for hydroxylation is 2. The molecule has 0 unspecified atom stereocenters. The van der Waals surface area contributed by atoms with Crippen LogP contribution in [0.5, 0.6) is 0 Å². The smallest absolute Gasteiger partial charge is 0.269 e. The molecule has 0 aliphatic rings. The van der Waals surface area contributed by atoms with Crippen LogP contribution in [0.1, 0.15) is 27.4 Å². The Morgan fingerprint density at radius 3 is 2.59 bits per heavy atom. The average molecular weight is 229 g/mol. The van der Waals surface area contributed by atoms with Crippen molar-refractivity contribution in [1.29, 1.82) is 0 Å². The van der Waals surface area contributed by atoms with Crippen molar-refractivity contribution in [3.8, 4) is 0 Å². The van der Waals surface area contributed by atoms with Crippen LogP contribution >= 0.6 is 0 Å². The van der Waals surface area contributed by atoms with Gasteiger partial charge in [0.25, 0.3) is 5.91 Å². The highest BCUT2D eigenvalue weighted by Crippen LogP contribution is 2.03. The minimum atomic E-state index is -0.133. The van der Waals surface area contributed by atoms with E-state index in [1.165, 1.54) is 5.56 Å². The maximum absolute atomic E-state index is 11.7. The number of amides is 1. The van der Waals surface area contributed by atoms with Gasteiger partial charge in [-0.05, 0) is 19.4 Å². The highest BCUT2D eigenvalue weighted by molar-refractivity contribution is 5.92. The topological polar surface area (TPSA) is 57.8 Å². The molecule has 0 fully saturated rings. The van der Waals surface area contributed by atoms with Crippen molar-refractivity contribution in [3.63, 3.8) is 0 Å². The summed E-state index contributed by atoms with van der Waals surface area (Å²) in [6.07, 6.45) is 1.54.